The maximum atomic E-state index is 12.9. The van der Waals surface area contributed by atoms with Crippen molar-refractivity contribution in [2.75, 3.05) is 27.7 Å². The first-order valence-corrected chi connectivity index (χ1v) is 9.63. The predicted molar refractivity (Wildman–Crippen MR) is 121 cm³/mol. The van der Waals surface area contributed by atoms with Gasteiger partial charge in [-0.3, -0.25) is 4.98 Å². The van der Waals surface area contributed by atoms with Crippen molar-refractivity contribution in [3.05, 3.63) is 47.4 Å². The summed E-state index contributed by atoms with van der Waals surface area (Å²) in [5, 5.41) is 15.0. The average molecular weight is 433 g/mol. The third-order valence-electron chi connectivity index (χ3n) is 4.96. The Bertz CT molecular complexity index is 1030. The van der Waals surface area contributed by atoms with Crippen LogP contribution in [0.3, 0.4) is 0 Å². The summed E-state index contributed by atoms with van der Waals surface area (Å²) in [5.41, 5.74) is 4.40. The van der Waals surface area contributed by atoms with Gasteiger partial charge in [-0.2, -0.15) is 0 Å². The zero-order valence-electron chi connectivity index (χ0n) is 18.0. The number of ether oxygens (including phenoxy) is 1. The first-order chi connectivity index (χ1) is 13.9. The zero-order valence-corrected chi connectivity index (χ0v) is 18.8. The molecule has 0 atom stereocenters. The summed E-state index contributed by atoms with van der Waals surface area (Å²) in [6.07, 6.45) is 3.42. The SMILES string of the molecule is CCOC(=O)c1c(CN(C)C)n(C)c2cc(-c3cccnc3)c(O)c(CNC)c12.Cl. The van der Waals surface area contributed by atoms with Crippen molar-refractivity contribution in [2.45, 2.75) is 20.0 Å². The zero-order chi connectivity index (χ0) is 21.1. The minimum absolute atomic E-state index is 0. The van der Waals surface area contributed by atoms with Gasteiger partial charge in [-0.1, -0.05) is 6.07 Å². The number of fused-ring (bicyclic) bond motifs is 1. The Hall–Kier alpha value is -2.61. The van der Waals surface area contributed by atoms with Crippen molar-refractivity contribution in [1.29, 1.82) is 0 Å². The van der Waals surface area contributed by atoms with Crippen molar-refractivity contribution in [3.63, 3.8) is 0 Å². The molecule has 0 radical (unpaired) electrons. The molecule has 3 rings (SSSR count). The molecule has 1 aromatic carbocycles. The number of hydrogen-bond acceptors (Lipinski definition) is 6. The number of hydrogen-bond donors (Lipinski definition) is 2. The largest absolute Gasteiger partial charge is 0.507 e. The van der Waals surface area contributed by atoms with Crippen LogP contribution in [0.4, 0.5) is 0 Å². The van der Waals surface area contributed by atoms with Crippen LogP contribution in [-0.4, -0.2) is 53.3 Å². The van der Waals surface area contributed by atoms with Gasteiger partial charge < -0.3 is 24.6 Å². The standard InChI is InChI=1S/C22H28N4O3.ClH/c1-6-29-22(28)20-18(13-25(3)4)26(5)17-10-15(14-8-7-9-24-11-14)21(27)16(12-23-2)19(17)20;/h7-11,23,27H,6,12-13H2,1-5H3;1H. The molecule has 0 unspecified atom stereocenters. The third kappa shape index (κ3) is 4.28. The van der Waals surface area contributed by atoms with E-state index in [1.165, 1.54) is 0 Å². The lowest BCUT2D eigenvalue weighted by molar-refractivity contribution is 0.0526. The normalized spacial score (nSPS) is 11.0. The summed E-state index contributed by atoms with van der Waals surface area (Å²) >= 11 is 0. The molecule has 2 N–H and O–H groups in total. The van der Waals surface area contributed by atoms with Gasteiger partial charge in [0.15, 0.2) is 0 Å². The highest BCUT2D eigenvalue weighted by molar-refractivity contribution is 6.09. The predicted octanol–water partition coefficient (Wildman–Crippen LogP) is 3.33. The molecule has 0 fully saturated rings. The monoisotopic (exact) mass is 432 g/mol. The van der Waals surface area contributed by atoms with E-state index < -0.39 is 0 Å². The fourth-order valence-corrected chi connectivity index (χ4v) is 3.71. The molecule has 3 aromatic rings. The summed E-state index contributed by atoms with van der Waals surface area (Å²) in [7, 11) is 7.67. The van der Waals surface area contributed by atoms with Crippen molar-refractivity contribution in [1.82, 2.24) is 19.8 Å². The number of phenolic OH excluding ortho intramolecular Hbond substituents is 1. The minimum atomic E-state index is -0.374. The lowest BCUT2D eigenvalue weighted by atomic mass is 9.96. The Morgan fingerprint density at radius 3 is 2.67 bits per heavy atom. The Morgan fingerprint density at radius 2 is 2.10 bits per heavy atom. The van der Waals surface area contributed by atoms with Gasteiger partial charge in [0.05, 0.1) is 17.7 Å². The number of aryl methyl sites for hydroxylation is 1. The molecule has 30 heavy (non-hydrogen) atoms. The number of esters is 1. The lowest BCUT2D eigenvalue weighted by Gasteiger charge is -2.13. The number of nitrogens with zero attached hydrogens (tertiary/aromatic N) is 3. The fraction of sp³-hybridized carbons (Fsp3) is 0.364. The summed E-state index contributed by atoms with van der Waals surface area (Å²) in [6, 6.07) is 5.67. The summed E-state index contributed by atoms with van der Waals surface area (Å²) < 4.78 is 7.39. The van der Waals surface area contributed by atoms with E-state index in [-0.39, 0.29) is 30.7 Å². The first-order valence-electron chi connectivity index (χ1n) is 9.63. The second kappa shape index (κ2) is 9.93. The molecule has 7 nitrogen and oxygen atoms in total. The topological polar surface area (TPSA) is 79.6 Å². The second-order valence-electron chi connectivity index (χ2n) is 7.26. The van der Waals surface area contributed by atoms with Crippen molar-refractivity contribution in [2.24, 2.45) is 7.05 Å². The molecule has 0 aliphatic heterocycles. The van der Waals surface area contributed by atoms with E-state index in [0.29, 0.717) is 29.8 Å². The van der Waals surface area contributed by atoms with E-state index in [9.17, 15) is 9.90 Å². The highest BCUT2D eigenvalue weighted by atomic mass is 35.5. The number of nitrogens with one attached hydrogen (secondary N) is 1. The third-order valence-corrected chi connectivity index (χ3v) is 4.96. The fourth-order valence-electron chi connectivity index (χ4n) is 3.71. The Morgan fingerprint density at radius 1 is 1.37 bits per heavy atom. The Balaban J connectivity index is 0.00000320. The molecule has 8 heteroatoms. The molecule has 0 saturated heterocycles. The van der Waals surface area contributed by atoms with Crippen LogP contribution in [-0.2, 0) is 24.9 Å². The van der Waals surface area contributed by atoms with Crippen LogP contribution >= 0.6 is 12.4 Å². The molecule has 2 aromatic heterocycles. The highest BCUT2D eigenvalue weighted by Crippen LogP contribution is 2.41. The van der Waals surface area contributed by atoms with Gasteiger partial charge in [-0.25, -0.2) is 4.79 Å². The number of phenols is 1. The van der Waals surface area contributed by atoms with Crippen LogP contribution in [0.2, 0.25) is 0 Å². The molecular formula is C22H29ClN4O3. The lowest BCUT2D eigenvalue weighted by Crippen LogP contribution is -2.17. The molecule has 2 heterocycles. The number of aromatic nitrogens is 2. The minimum Gasteiger partial charge on any atom is -0.507 e. The van der Waals surface area contributed by atoms with Crippen LogP contribution in [0, 0.1) is 0 Å². The number of carbonyl (C=O) groups excluding carboxylic acids is 1. The molecule has 0 aliphatic carbocycles. The number of carbonyl (C=O) groups is 1. The van der Waals surface area contributed by atoms with Gasteiger partial charge in [0.25, 0.3) is 0 Å². The number of pyridine rings is 1. The first kappa shape index (κ1) is 23.7. The van der Waals surface area contributed by atoms with E-state index in [4.69, 9.17) is 4.74 Å². The average Bonchev–Trinajstić information content (AvgIpc) is 2.96. The number of halogens is 1. The maximum Gasteiger partial charge on any atom is 0.340 e. The summed E-state index contributed by atoms with van der Waals surface area (Å²) in [5.74, 6) is -0.228. The van der Waals surface area contributed by atoms with Gasteiger partial charge in [0, 0.05) is 60.3 Å². The van der Waals surface area contributed by atoms with E-state index in [1.807, 2.05) is 55.9 Å². The van der Waals surface area contributed by atoms with E-state index >= 15 is 0 Å². The van der Waals surface area contributed by atoms with Gasteiger partial charge >= 0.3 is 5.97 Å². The molecule has 0 aliphatic rings. The quantitative estimate of drug-likeness (QED) is 0.557. The summed E-state index contributed by atoms with van der Waals surface area (Å²) in [6.45, 7) is 3.06. The maximum absolute atomic E-state index is 12.9. The Kier molecular flexibility index (Phi) is 7.83. The van der Waals surface area contributed by atoms with Crippen molar-refractivity contribution >= 4 is 29.3 Å². The van der Waals surface area contributed by atoms with E-state index in [0.717, 1.165) is 22.2 Å². The van der Waals surface area contributed by atoms with Crippen LogP contribution in [0.5, 0.6) is 5.75 Å². The van der Waals surface area contributed by atoms with Gasteiger partial charge in [0.2, 0.25) is 0 Å². The molecule has 0 spiro atoms. The highest BCUT2D eigenvalue weighted by Gasteiger charge is 2.27. The van der Waals surface area contributed by atoms with Crippen molar-refractivity contribution in [3.8, 4) is 16.9 Å². The van der Waals surface area contributed by atoms with Gasteiger partial charge in [-0.15, -0.1) is 12.4 Å². The summed E-state index contributed by atoms with van der Waals surface area (Å²) in [4.78, 5) is 19.1. The van der Waals surface area contributed by atoms with Gasteiger partial charge in [0.1, 0.15) is 5.75 Å². The molecule has 162 valence electrons. The van der Waals surface area contributed by atoms with Crippen LogP contribution in [0.25, 0.3) is 22.0 Å². The molecule has 0 bridgehead atoms. The van der Waals surface area contributed by atoms with E-state index in [1.54, 1.807) is 19.3 Å². The van der Waals surface area contributed by atoms with Crippen molar-refractivity contribution < 1.29 is 14.6 Å². The van der Waals surface area contributed by atoms with Crippen LogP contribution in [0.15, 0.2) is 30.6 Å². The van der Waals surface area contributed by atoms with E-state index in [2.05, 4.69) is 10.3 Å². The number of aromatic hydroxyl groups is 1. The number of rotatable bonds is 7. The second-order valence-corrected chi connectivity index (χ2v) is 7.26. The van der Waals surface area contributed by atoms with Gasteiger partial charge in [-0.05, 0) is 40.2 Å². The number of benzene rings is 1. The Labute approximate surface area is 183 Å². The smallest absolute Gasteiger partial charge is 0.340 e. The van der Waals surface area contributed by atoms with Crippen LogP contribution < -0.4 is 5.32 Å². The molecule has 0 amide bonds. The van der Waals surface area contributed by atoms with Crippen LogP contribution in [0.1, 0.15) is 28.5 Å². The molecule has 0 saturated carbocycles. The molecular weight excluding hydrogens is 404 g/mol.